The molecule has 0 bridgehead atoms. The van der Waals surface area contributed by atoms with Crippen LogP contribution in [0.5, 0.6) is 0 Å². The van der Waals surface area contributed by atoms with Gasteiger partial charge in [0.1, 0.15) is 0 Å². The topological polar surface area (TPSA) is 61.4 Å². The molecule has 0 aromatic rings. The Morgan fingerprint density at radius 1 is 1.10 bits per heavy atom. The number of likely N-dealkylation sites (N-methyl/N-ethyl adjacent to an activating group) is 1. The van der Waals surface area contributed by atoms with Crippen molar-refractivity contribution in [1.82, 2.24) is 14.3 Å². The second-order valence-electron chi connectivity index (χ2n) is 6.64. The number of rotatable bonds is 7. The lowest BCUT2D eigenvalue weighted by Gasteiger charge is -2.35. The van der Waals surface area contributed by atoms with Crippen molar-refractivity contribution in [3.63, 3.8) is 0 Å². The van der Waals surface area contributed by atoms with E-state index in [9.17, 15) is 8.42 Å². The predicted molar refractivity (Wildman–Crippen MR) is 79.6 cm³/mol. The van der Waals surface area contributed by atoms with Gasteiger partial charge in [0, 0.05) is 25.2 Å². The summed E-state index contributed by atoms with van der Waals surface area (Å²) in [5, 5.41) is 3.13. The molecule has 3 rings (SSSR count). The van der Waals surface area contributed by atoms with Crippen LogP contribution in [0.25, 0.3) is 0 Å². The van der Waals surface area contributed by atoms with E-state index in [4.69, 9.17) is 0 Å². The predicted octanol–water partition coefficient (Wildman–Crippen LogP) is 1.08. The van der Waals surface area contributed by atoms with Crippen molar-refractivity contribution in [3.8, 4) is 0 Å². The maximum absolute atomic E-state index is 12.7. The summed E-state index contributed by atoms with van der Waals surface area (Å²) in [6.45, 7) is 1.42. The SMILES string of the molecule is CNCC1CCCCN1S(=O)(=O)NC(C1CC1)C1CC1. The maximum atomic E-state index is 12.7. The molecule has 2 aliphatic carbocycles. The van der Waals surface area contributed by atoms with Crippen molar-refractivity contribution in [1.29, 1.82) is 0 Å². The van der Waals surface area contributed by atoms with Crippen molar-refractivity contribution < 1.29 is 8.42 Å². The third-order valence-corrected chi connectivity index (χ3v) is 6.53. The summed E-state index contributed by atoms with van der Waals surface area (Å²) in [7, 11) is -1.43. The number of nitrogens with one attached hydrogen (secondary N) is 2. The lowest BCUT2D eigenvalue weighted by Crippen LogP contribution is -2.54. The molecule has 1 saturated heterocycles. The average molecular weight is 301 g/mol. The molecular formula is C14H27N3O2S. The van der Waals surface area contributed by atoms with E-state index in [-0.39, 0.29) is 12.1 Å². The average Bonchev–Trinajstić information content (AvgIpc) is 3.29. The van der Waals surface area contributed by atoms with Gasteiger partial charge >= 0.3 is 0 Å². The molecule has 6 heteroatoms. The first-order valence-electron chi connectivity index (χ1n) is 8.05. The molecule has 3 aliphatic rings. The van der Waals surface area contributed by atoms with Crippen LogP contribution < -0.4 is 10.0 Å². The standard InChI is InChI=1S/C14H27N3O2S/c1-15-10-13-4-2-3-9-17(13)20(18,19)16-14(11-5-6-11)12-7-8-12/h11-16H,2-10H2,1H3. The second kappa shape index (κ2) is 5.91. The number of nitrogens with zero attached hydrogens (tertiary/aromatic N) is 1. The number of piperidine rings is 1. The fraction of sp³-hybridized carbons (Fsp3) is 1.00. The van der Waals surface area contributed by atoms with E-state index < -0.39 is 10.2 Å². The first kappa shape index (κ1) is 14.8. The molecule has 1 aliphatic heterocycles. The van der Waals surface area contributed by atoms with Crippen molar-refractivity contribution in [2.24, 2.45) is 11.8 Å². The largest absolute Gasteiger partial charge is 0.318 e. The molecule has 0 aromatic heterocycles. The van der Waals surface area contributed by atoms with Crippen LogP contribution in [0.1, 0.15) is 44.9 Å². The lowest BCUT2D eigenvalue weighted by molar-refractivity contribution is 0.243. The molecule has 0 aromatic carbocycles. The minimum absolute atomic E-state index is 0.116. The Morgan fingerprint density at radius 3 is 2.30 bits per heavy atom. The Kier molecular flexibility index (Phi) is 4.36. The fourth-order valence-electron chi connectivity index (χ4n) is 3.46. The Hall–Kier alpha value is -0.170. The van der Waals surface area contributed by atoms with Crippen molar-refractivity contribution in [2.45, 2.75) is 57.0 Å². The molecule has 116 valence electrons. The van der Waals surface area contributed by atoms with Crippen LogP contribution in [-0.4, -0.2) is 44.9 Å². The van der Waals surface area contributed by atoms with Crippen molar-refractivity contribution in [2.75, 3.05) is 20.1 Å². The molecule has 1 heterocycles. The van der Waals surface area contributed by atoms with Gasteiger partial charge in [0.15, 0.2) is 0 Å². The van der Waals surface area contributed by atoms with Crippen LogP contribution >= 0.6 is 0 Å². The molecule has 1 unspecified atom stereocenters. The van der Waals surface area contributed by atoms with Gasteiger partial charge in [0.05, 0.1) is 0 Å². The first-order chi connectivity index (χ1) is 9.62. The van der Waals surface area contributed by atoms with Crippen LogP contribution in [0.4, 0.5) is 0 Å². The monoisotopic (exact) mass is 301 g/mol. The molecule has 0 radical (unpaired) electrons. The highest BCUT2D eigenvalue weighted by molar-refractivity contribution is 7.87. The van der Waals surface area contributed by atoms with E-state index in [1.54, 1.807) is 4.31 Å². The van der Waals surface area contributed by atoms with Gasteiger partial charge in [-0.1, -0.05) is 6.42 Å². The van der Waals surface area contributed by atoms with Crippen LogP contribution in [0, 0.1) is 11.8 Å². The first-order valence-corrected chi connectivity index (χ1v) is 9.49. The van der Waals surface area contributed by atoms with E-state index in [0.29, 0.717) is 18.4 Å². The smallest absolute Gasteiger partial charge is 0.280 e. The Bertz CT molecular complexity index is 418. The maximum Gasteiger partial charge on any atom is 0.280 e. The quantitative estimate of drug-likeness (QED) is 0.740. The van der Waals surface area contributed by atoms with Gasteiger partial charge < -0.3 is 5.32 Å². The molecule has 0 spiro atoms. The second-order valence-corrected chi connectivity index (χ2v) is 8.30. The van der Waals surface area contributed by atoms with E-state index in [1.807, 2.05) is 7.05 Å². The summed E-state index contributed by atoms with van der Waals surface area (Å²) < 4.78 is 30.2. The highest BCUT2D eigenvalue weighted by Gasteiger charge is 2.45. The summed E-state index contributed by atoms with van der Waals surface area (Å²) in [6, 6.07) is 0.322. The zero-order valence-corrected chi connectivity index (χ0v) is 13.2. The molecular weight excluding hydrogens is 274 g/mol. The molecule has 3 fully saturated rings. The van der Waals surface area contributed by atoms with E-state index in [0.717, 1.165) is 25.8 Å². The van der Waals surface area contributed by atoms with Gasteiger partial charge in [-0.25, -0.2) is 0 Å². The van der Waals surface area contributed by atoms with Gasteiger partial charge in [-0.15, -0.1) is 0 Å². The minimum atomic E-state index is -3.32. The van der Waals surface area contributed by atoms with Gasteiger partial charge in [-0.2, -0.15) is 17.4 Å². The van der Waals surface area contributed by atoms with Crippen LogP contribution in [0.15, 0.2) is 0 Å². The highest BCUT2D eigenvalue weighted by atomic mass is 32.2. The third kappa shape index (κ3) is 3.35. The van der Waals surface area contributed by atoms with E-state index in [1.165, 1.54) is 25.7 Å². The van der Waals surface area contributed by atoms with E-state index >= 15 is 0 Å². The van der Waals surface area contributed by atoms with Crippen molar-refractivity contribution >= 4 is 10.2 Å². The normalized spacial score (nSPS) is 29.0. The van der Waals surface area contributed by atoms with Crippen LogP contribution in [0.2, 0.25) is 0 Å². The summed E-state index contributed by atoms with van der Waals surface area (Å²) in [5.41, 5.74) is 0. The molecule has 2 N–H and O–H groups in total. The van der Waals surface area contributed by atoms with E-state index in [2.05, 4.69) is 10.0 Å². The molecule has 2 saturated carbocycles. The molecule has 0 amide bonds. The van der Waals surface area contributed by atoms with Crippen LogP contribution in [0.3, 0.4) is 0 Å². The lowest BCUT2D eigenvalue weighted by atomic mass is 10.1. The van der Waals surface area contributed by atoms with Gasteiger partial charge in [-0.05, 0) is 57.4 Å². The van der Waals surface area contributed by atoms with Crippen LogP contribution in [-0.2, 0) is 10.2 Å². The molecule has 5 nitrogen and oxygen atoms in total. The summed E-state index contributed by atoms with van der Waals surface area (Å²) in [6.07, 6.45) is 7.88. The summed E-state index contributed by atoms with van der Waals surface area (Å²) in [4.78, 5) is 0. The Morgan fingerprint density at radius 2 is 1.75 bits per heavy atom. The van der Waals surface area contributed by atoms with Gasteiger partial charge in [-0.3, -0.25) is 0 Å². The van der Waals surface area contributed by atoms with Gasteiger partial charge in [0.25, 0.3) is 10.2 Å². The third-order valence-electron chi connectivity index (χ3n) is 4.87. The number of hydrogen-bond donors (Lipinski definition) is 2. The molecule has 20 heavy (non-hydrogen) atoms. The Labute approximate surface area is 122 Å². The summed E-state index contributed by atoms with van der Waals surface area (Å²) >= 11 is 0. The zero-order chi connectivity index (χ0) is 14.2. The Balaban J connectivity index is 1.68. The summed E-state index contributed by atoms with van der Waals surface area (Å²) in [5.74, 6) is 1.20. The van der Waals surface area contributed by atoms with Gasteiger partial charge in [0.2, 0.25) is 0 Å². The highest BCUT2D eigenvalue weighted by Crippen LogP contribution is 2.45. The zero-order valence-electron chi connectivity index (χ0n) is 12.3. The number of hydrogen-bond acceptors (Lipinski definition) is 3. The molecule has 1 atom stereocenters. The fourth-order valence-corrected chi connectivity index (χ4v) is 5.26. The minimum Gasteiger partial charge on any atom is -0.318 e. The van der Waals surface area contributed by atoms with Crippen molar-refractivity contribution in [3.05, 3.63) is 0 Å².